The normalized spacial score (nSPS) is 14.3. The highest BCUT2D eigenvalue weighted by Crippen LogP contribution is 2.26. The number of nitrogens with one attached hydrogen (secondary N) is 2. The molecule has 1 aliphatic rings. The van der Waals surface area contributed by atoms with E-state index in [9.17, 15) is 9.59 Å². The first-order chi connectivity index (χ1) is 14.9. The number of aromatic nitrogens is 1. The van der Waals surface area contributed by atoms with Crippen molar-refractivity contribution in [3.63, 3.8) is 0 Å². The van der Waals surface area contributed by atoms with Gasteiger partial charge in [0.2, 0.25) is 5.91 Å². The summed E-state index contributed by atoms with van der Waals surface area (Å²) in [5.74, 6) is 0.106. The second-order valence-corrected chi connectivity index (χ2v) is 9.19. The number of para-hydroxylation sites is 1. The molecule has 160 valence electrons. The van der Waals surface area contributed by atoms with Crippen LogP contribution in [0.4, 0.5) is 0 Å². The predicted molar refractivity (Wildman–Crippen MR) is 125 cm³/mol. The number of pyridine rings is 1. The van der Waals surface area contributed by atoms with E-state index in [1.54, 1.807) is 6.07 Å². The van der Waals surface area contributed by atoms with Crippen molar-refractivity contribution in [2.75, 3.05) is 5.75 Å². The monoisotopic (exact) mass is 433 g/mol. The van der Waals surface area contributed by atoms with Crippen LogP contribution in [0, 0.1) is 13.8 Å². The van der Waals surface area contributed by atoms with Gasteiger partial charge in [0, 0.05) is 11.4 Å². The zero-order valence-electron chi connectivity index (χ0n) is 18.1. The van der Waals surface area contributed by atoms with Gasteiger partial charge in [-0.25, -0.2) is 4.98 Å². The molecule has 0 bridgehead atoms. The van der Waals surface area contributed by atoms with Gasteiger partial charge in [-0.1, -0.05) is 48.2 Å². The number of carbonyl (C=O) groups excluding carboxylic acids is 2. The number of benzene rings is 2. The highest BCUT2D eigenvalue weighted by atomic mass is 32.2. The number of fused-ring (bicyclic) bond motifs is 1. The van der Waals surface area contributed by atoms with E-state index in [4.69, 9.17) is 0 Å². The third-order valence-electron chi connectivity index (χ3n) is 5.61. The first-order valence-electron chi connectivity index (χ1n) is 10.6. The molecule has 0 spiro atoms. The Balaban J connectivity index is 1.44. The van der Waals surface area contributed by atoms with Gasteiger partial charge in [0.05, 0.1) is 27.9 Å². The third-order valence-corrected chi connectivity index (χ3v) is 6.52. The van der Waals surface area contributed by atoms with Crippen molar-refractivity contribution in [3.8, 4) is 0 Å². The van der Waals surface area contributed by atoms with Gasteiger partial charge in [-0.15, -0.1) is 0 Å². The lowest BCUT2D eigenvalue weighted by Crippen LogP contribution is -2.28. The molecule has 2 N–H and O–H groups in total. The van der Waals surface area contributed by atoms with Crippen molar-refractivity contribution in [3.05, 3.63) is 70.8 Å². The van der Waals surface area contributed by atoms with Crippen LogP contribution in [-0.4, -0.2) is 28.6 Å². The summed E-state index contributed by atoms with van der Waals surface area (Å²) in [6.07, 6.45) is 2.07. The van der Waals surface area contributed by atoms with Gasteiger partial charge in [-0.05, 0) is 62.4 Å². The molecule has 1 atom stereocenters. The van der Waals surface area contributed by atoms with Gasteiger partial charge in [0.15, 0.2) is 0 Å². The molecule has 0 radical (unpaired) electrons. The largest absolute Gasteiger partial charge is 0.349 e. The number of hydrogen-bond acceptors (Lipinski definition) is 4. The molecule has 6 heteroatoms. The quantitative estimate of drug-likeness (QED) is 0.529. The highest BCUT2D eigenvalue weighted by Gasteiger charge is 2.25. The first-order valence-corrected chi connectivity index (χ1v) is 11.6. The average molecular weight is 434 g/mol. The van der Waals surface area contributed by atoms with Crippen LogP contribution in [0.2, 0.25) is 0 Å². The fourth-order valence-electron chi connectivity index (χ4n) is 3.44. The van der Waals surface area contributed by atoms with Crippen LogP contribution in [0.25, 0.3) is 10.9 Å². The van der Waals surface area contributed by atoms with E-state index in [0.717, 1.165) is 29.3 Å². The lowest BCUT2D eigenvalue weighted by Gasteiger charge is -2.16. The molecule has 31 heavy (non-hydrogen) atoms. The lowest BCUT2D eigenvalue weighted by atomic mass is 10.0. The van der Waals surface area contributed by atoms with E-state index in [-0.39, 0.29) is 29.7 Å². The molecule has 1 unspecified atom stereocenters. The Hall–Kier alpha value is -2.86. The van der Waals surface area contributed by atoms with E-state index < -0.39 is 0 Å². The number of amides is 2. The summed E-state index contributed by atoms with van der Waals surface area (Å²) in [5.41, 5.74) is 4.91. The molecule has 1 heterocycles. The van der Waals surface area contributed by atoms with E-state index in [0.29, 0.717) is 10.6 Å². The molecule has 0 saturated heterocycles. The topological polar surface area (TPSA) is 71.1 Å². The van der Waals surface area contributed by atoms with E-state index in [2.05, 4.69) is 47.7 Å². The summed E-state index contributed by atoms with van der Waals surface area (Å²) in [6.45, 7) is 6.14. The minimum Gasteiger partial charge on any atom is -0.349 e. The van der Waals surface area contributed by atoms with Crippen LogP contribution in [0.3, 0.4) is 0 Å². The summed E-state index contributed by atoms with van der Waals surface area (Å²) in [4.78, 5) is 29.9. The Morgan fingerprint density at radius 2 is 1.87 bits per heavy atom. The number of nitrogens with zero attached hydrogens (tertiary/aromatic N) is 1. The van der Waals surface area contributed by atoms with Crippen molar-refractivity contribution in [1.29, 1.82) is 0 Å². The molecule has 2 amide bonds. The molecule has 3 aromatic rings. The van der Waals surface area contributed by atoms with Crippen LogP contribution < -0.4 is 10.6 Å². The van der Waals surface area contributed by atoms with Crippen molar-refractivity contribution >= 4 is 34.5 Å². The minimum atomic E-state index is -0.0734. The highest BCUT2D eigenvalue weighted by molar-refractivity contribution is 7.99. The predicted octanol–water partition coefficient (Wildman–Crippen LogP) is 4.71. The van der Waals surface area contributed by atoms with E-state index in [1.807, 2.05) is 31.2 Å². The van der Waals surface area contributed by atoms with Crippen LogP contribution in [0.1, 0.15) is 52.9 Å². The van der Waals surface area contributed by atoms with Crippen LogP contribution in [-0.2, 0) is 4.79 Å². The molecule has 1 saturated carbocycles. The maximum Gasteiger partial charge on any atom is 0.252 e. The maximum absolute atomic E-state index is 12.7. The summed E-state index contributed by atoms with van der Waals surface area (Å²) in [5, 5.41) is 7.61. The Labute approximate surface area is 187 Å². The van der Waals surface area contributed by atoms with Crippen molar-refractivity contribution < 1.29 is 9.59 Å². The van der Waals surface area contributed by atoms with Crippen LogP contribution in [0.5, 0.6) is 0 Å². The average Bonchev–Trinajstić information content (AvgIpc) is 3.57. The fraction of sp³-hybridized carbons (Fsp3) is 0.320. The molecule has 1 aliphatic carbocycles. The second-order valence-electron chi connectivity index (χ2n) is 8.19. The van der Waals surface area contributed by atoms with E-state index >= 15 is 0 Å². The summed E-state index contributed by atoms with van der Waals surface area (Å²) in [7, 11) is 0. The molecule has 1 fully saturated rings. The number of hydrogen-bond donors (Lipinski definition) is 2. The second kappa shape index (κ2) is 9.10. The lowest BCUT2D eigenvalue weighted by molar-refractivity contribution is -0.119. The summed E-state index contributed by atoms with van der Waals surface area (Å²) in [6, 6.07) is 15.9. The van der Waals surface area contributed by atoms with E-state index in [1.165, 1.54) is 22.9 Å². The fourth-order valence-corrected chi connectivity index (χ4v) is 4.17. The van der Waals surface area contributed by atoms with Gasteiger partial charge in [0.25, 0.3) is 5.91 Å². The molecular weight excluding hydrogens is 406 g/mol. The van der Waals surface area contributed by atoms with Gasteiger partial charge in [0.1, 0.15) is 0 Å². The van der Waals surface area contributed by atoms with Gasteiger partial charge in [-0.2, -0.15) is 0 Å². The summed E-state index contributed by atoms with van der Waals surface area (Å²) >= 11 is 1.35. The molecular formula is C25H27N3O2S. The maximum atomic E-state index is 12.7. The molecule has 1 aromatic heterocycles. The number of aryl methyl sites for hydroxylation is 2. The Morgan fingerprint density at radius 1 is 1.10 bits per heavy atom. The smallest absolute Gasteiger partial charge is 0.252 e. The van der Waals surface area contributed by atoms with Crippen LogP contribution >= 0.6 is 11.8 Å². The van der Waals surface area contributed by atoms with Crippen molar-refractivity contribution in [2.24, 2.45) is 0 Å². The van der Waals surface area contributed by atoms with Gasteiger partial charge >= 0.3 is 0 Å². The zero-order valence-corrected chi connectivity index (χ0v) is 18.9. The SMILES string of the molecule is Cc1ccc(C(C)NC(=O)CSc2cc(C(=O)NC3CC3)c3ccccc3n2)cc1C. The number of rotatable bonds is 7. The third kappa shape index (κ3) is 5.25. The van der Waals surface area contributed by atoms with Gasteiger partial charge in [-0.3, -0.25) is 9.59 Å². The standard InChI is InChI=1S/C25H27N3O2S/c1-15-8-9-18(12-16(15)2)17(3)26-23(29)14-31-24-13-21(25(30)27-19-10-11-19)20-6-4-5-7-22(20)28-24/h4-9,12-13,17,19H,10-11,14H2,1-3H3,(H,26,29)(H,27,30). The molecule has 5 nitrogen and oxygen atoms in total. The summed E-state index contributed by atoms with van der Waals surface area (Å²) < 4.78 is 0. The number of thioether (sulfide) groups is 1. The molecule has 2 aromatic carbocycles. The Kier molecular flexibility index (Phi) is 6.28. The Bertz CT molecular complexity index is 1140. The van der Waals surface area contributed by atoms with Crippen molar-refractivity contribution in [2.45, 2.75) is 50.7 Å². The van der Waals surface area contributed by atoms with Gasteiger partial charge < -0.3 is 10.6 Å². The van der Waals surface area contributed by atoms with Crippen LogP contribution in [0.15, 0.2) is 53.6 Å². The minimum absolute atomic E-state index is 0.0605. The Morgan fingerprint density at radius 3 is 2.61 bits per heavy atom. The van der Waals surface area contributed by atoms with Crippen molar-refractivity contribution in [1.82, 2.24) is 15.6 Å². The molecule has 0 aliphatic heterocycles. The molecule has 4 rings (SSSR count). The zero-order chi connectivity index (χ0) is 22.0. The number of carbonyl (C=O) groups is 2. The first kappa shape index (κ1) is 21.4.